The minimum Gasteiger partial charge on any atom is -0.369 e. The number of nitrogens with two attached hydrogens (primary N) is 1. The number of hydrogen-bond donors (Lipinski definition) is 2. The van der Waals surface area contributed by atoms with Crippen molar-refractivity contribution in [2.24, 2.45) is 5.73 Å². The molecule has 1 aliphatic heterocycles. The summed E-state index contributed by atoms with van der Waals surface area (Å²) in [6, 6.07) is 1.97. The van der Waals surface area contributed by atoms with Crippen molar-refractivity contribution in [2.45, 2.75) is 32.7 Å². The van der Waals surface area contributed by atoms with Gasteiger partial charge in [0.2, 0.25) is 11.9 Å². The summed E-state index contributed by atoms with van der Waals surface area (Å²) in [6.45, 7) is 4.92. The lowest BCUT2D eigenvalue weighted by Gasteiger charge is -2.22. The molecular formula is C16H21N7O. The van der Waals surface area contributed by atoms with Crippen LogP contribution >= 0.6 is 0 Å². The van der Waals surface area contributed by atoms with Gasteiger partial charge in [-0.3, -0.25) is 14.7 Å². The van der Waals surface area contributed by atoms with E-state index in [1.807, 2.05) is 24.8 Å². The number of nitrogens with one attached hydrogen (secondary N) is 1. The van der Waals surface area contributed by atoms with Gasteiger partial charge in [0.1, 0.15) is 0 Å². The first-order chi connectivity index (χ1) is 11.5. The molecule has 1 amide bonds. The third-order valence-corrected chi connectivity index (χ3v) is 3.94. The van der Waals surface area contributed by atoms with Gasteiger partial charge in [-0.1, -0.05) is 0 Å². The lowest BCUT2D eigenvalue weighted by molar-refractivity contribution is -0.119. The zero-order valence-electron chi connectivity index (χ0n) is 13.9. The van der Waals surface area contributed by atoms with Crippen molar-refractivity contribution < 1.29 is 4.79 Å². The molecule has 0 aliphatic carbocycles. The largest absolute Gasteiger partial charge is 0.369 e. The lowest BCUT2D eigenvalue weighted by Crippen LogP contribution is -2.33. The molecule has 1 aliphatic rings. The van der Waals surface area contributed by atoms with Crippen LogP contribution in [0.15, 0.2) is 18.5 Å². The molecule has 1 saturated heterocycles. The topological polar surface area (TPSA) is 110 Å². The summed E-state index contributed by atoms with van der Waals surface area (Å²) in [5.41, 5.74) is 7.92. The van der Waals surface area contributed by atoms with Crippen LogP contribution in [0.2, 0.25) is 0 Å². The normalized spacial score (nSPS) is 17.8. The fourth-order valence-corrected chi connectivity index (χ4v) is 3.05. The van der Waals surface area contributed by atoms with Gasteiger partial charge in [-0.15, -0.1) is 0 Å². The number of aryl methyl sites for hydroxylation is 2. The van der Waals surface area contributed by atoms with Crippen LogP contribution in [0.5, 0.6) is 0 Å². The number of amides is 1. The Hall–Kier alpha value is -2.61. The number of carbonyl (C=O) groups is 1. The molecule has 126 valence electrons. The minimum atomic E-state index is -0.326. The molecule has 3 N–H and O–H groups in total. The molecule has 8 heteroatoms. The zero-order valence-corrected chi connectivity index (χ0v) is 13.9. The van der Waals surface area contributed by atoms with Crippen LogP contribution < -0.4 is 11.1 Å². The van der Waals surface area contributed by atoms with E-state index in [1.165, 1.54) is 0 Å². The van der Waals surface area contributed by atoms with Crippen LogP contribution in [0.4, 0.5) is 11.8 Å². The van der Waals surface area contributed by atoms with Gasteiger partial charge in [0.15, 0.2) is 5.82 Å². The number of rotatable bonds is 5. The van der Waals surface area contributed by atoms with Gasteiger partial charge in [-0.05, 0) is 39.3 Å². The smallest absolute Gasteiger partial charge is 0.231 e. The third-order valence-electron chi connectivity index (χ3n) is 3.94. The fraction of sp³-hybridized carbons (Fsp3) is 0.438. The van der Waals surface area contributed by atoms with Gasteiger partial charge >= 0.3 is 0 Å². The monoisotopic (exact) mass is 327 g/mol. The third kappa shape index (κ3) is 3.83. The second-order valence-electron chi connectivity index (χ2n) is 6.02. The van der Waals surface area contributed by atoms with E-state index >= 15 is 0 Å². The minimum absolute atomic E-state index is 0.0620. The quantitative estimate of drug-likeness (QED) is 0.850. The number of aromatic nitrogens is 4. The van der Waals surface area contributed by atoms with Crippen LogP contribution in [-0.4, -0.2) is 43.8 Å². The van der Waals surface area contributed by atoms with Crippen LogP contribution in [0.3, 0.4) is 0 Å². The van der Waals surface area contributed by atoms with Gasteiger partial charge in [-0.25, -0.2) is 15.0 Å². The Labute approximate surface area is 140 Å². The van der Waals surface area contributed by atoms with E-state index in [1.54, 1.807) is 12.4 Å². The first kappa shape index (κ1) is 16.3. The highest BCUT2D eigenvalue weighted by Crippen LogP contribution is 2.30. The van der Waals surface area contributed by atoms with E-state index in [0.29, 0.717) is 11.8 Å². The number of nitrogens with zero attached hydrogens (tertiary/aromatic N) is 5. The number of carbonyl (C=O) groups excluding carboxylic acids is 1. The molecule has 0 aromatic carbocycles. The van der Waals surface area contributed by atoms with Crippen molar-refractivity contribution in [1.82, 2.24) is 24.8 Å². The molecule has 0 spiro atoms. The van der Waals surface area contributed by atoms with E-state index in [9.17, 15) is 4.79 Å². The van der Waals surface area contributed by atoms with Gasteiger partial charge in [0.25, 0.3) is 0 Å². The van der Waals surface area contributed by atoms with Gasteiger partial charge in [0.05, 0.1) is 30.7 Å². The average Bonchev–Trinajstić information content (AvgIpc) is 2.93. The molecule has 1 atom stereocenters. The zero-order chi connectivity index (χ0) is 17.1. The molecule has 2 aromatic heterocycles. The van der Waals surface area contributed by atoms with Crippen LogP contribution in [-0.2, 0) is 4.79 Å². The Bertz CT molecular complexity index is 729. The maximum atomic E-state index is 11.2. The molecule has 3 rings (SSSR count). The highest BCUT2D eigenvalue weighted by Gasteiger charge is 2.28. The number of primary amides is 1. The Morgan fingerprint density at radius 1 is 1.29 bits per heavy atom. The van der Waals surface area contributed by atoms with E-state index < -0.39 is 0 Å². The SMILES string of the molecule is Cc1cc(C)nc(Nc2cncc([C@@H]3CCCN3CC(N)=O)n2)n1. The Morgan fingerprint density at radius 2 is 2.04 bits per heavy atom. The van der Waals surface area contributed by atoms with Crippen molar-refractivity contribution in [1.29, 1.82) is 0 Å². The predicted molar refractivity (Wildman–Crippen MR) is 89.6 cm³/mol. The molecular weight excluding hydrogens is 306 g/mol. The average molecular weight is 327 g/mol. The number of anilines is 2. The number of hydrogen-bond acceptors (Lipinski definition) is 7. The fourth-order valence-electron chi connectivity index (χ4n) is 3.05. The summed E-state index contributed by atoms with van der Waals surface area (Å²) in [4.78, 5) is 30.8. The molecule has 2 aromatic rings. The molecule has 1 fully saturated rings. The van der Waals surface area contributed by atoms with Crippen molar-refractivity contribution in [3.8, 4) is 0 Å². The molecule has 0 saturated carbocycles. The number of likely N-dealkylation sites (tertiary alicyclic amines) is 1. The molecule has 0 radical (unpaired) electrons. The first-order valence-corrected chi connectivity index (χ1v) is 7.95. The van der Waals surface area contributed by atoms with Crippen LogP contribution in [0, 0.1) is 13.8 Å². The summed E-state index contributed by atoms with van der Waals surface area (Å²) < 4.78 is 0. The summed E-state index contributed by atoms with van der Waals surface area (Å²) in [5.74, 6) is 0.760. The van der Waals surface area contributed by atoms with Crippen LogP contribution in [0.1, 0.15) is 36.0 Å². The van der Waals surface area contributed by atoms with E-state index in [4.69, 9.17) is 5.73 Å². The van der Waals surface area contributed by atoms with Crippen molar-refractivity contribution >= 4 is 17.7 Å². The summed E-state index contributed by atoms with van der Waals surface area (Å²) >= 11 is 0. The highest BCUT2D eigenvalue weighted by molar-refractivity contribution is 5.76. The lowest BCUT2D eigenvalue weighted by atomic mass is 10.1. The van der Waals surface area contributed by atoms with Crippen molar-refractivity contribution in [3.05, 3.63) is 35.5 Å². The molecule has 8 nitrogen and oxygen atoms in total. The molecule has 3 heterocycles. The molecule has 24 heavy (non-hydrogen) atoms. The van der Waals surface area contributed by atoms with Crippen molar-refractivity contribution in [2.75, 3.05) is 18.4 Å². The summed E-state index contributed by atoms with van der Waals surface area (Å²) in [6.07, 6.45) is 5.32. The maximum absolute atomic E-state index is 11.2. The Kier molecular flexibility index (Phi) is 4.66. The standard InChI is InChI=1S/C16H21N7O/c1-10-6-11(2)20-16(19-10)22-15-8-18-7-12(21-15)13-4-3-5-23(13)9-14(17)24/h6-8,13H,3-5,9H2,1-2H3,(H2,17,24)(H,19,20,21,22)/t13-/m0/s1. The second-order valence-corrected chi connectivity index (χ2v) is 6.02. The summed E-state index contributed by atoms with van der Waals surface area (Å²) in [5, 5.41) is 3.10. The Balaban J connectivity index is 1.80. The maximum Gasteiger partial charge on any atom is 0.231 e. The first-order valence-electron chi connectivity index (χ1n) is 7.95. The van der Waals surface area contributed by atoms with Crippen LogP contribution in [0.25, 0.3) is 0 Å². The van der Waals surface area contributed by atoms with E-state index in [0.717, 1.165) is 36.5 Å². The van der Waals surface area contributed by atoms with E-state index in [2.05, 4.69) is 25.3 Å². The highest BCUT2D eigenvalue weighted by atomic mass is 16.1. The van der Waals surface area contributed by atoms with Gasteiger partial charge < -0.3 is 11.1 Å². The Morgan fingerprint density at radius 3 is 2.75 bits per heavy atom. The van der Waals surface area contributed by atoms with E-state index in [-0.39, 0.29) is 18.5 Å². The van der Waals surface area contributed by atoms with Crippen molar-refractivity contribution in [3.63, 3.8) is 0 Å². The predicted octanol–water partition coefficient (Wildman–Crippen LogP) is 1.25. The molecule has 0 unspecified atom stereocenters. The second kappa shape index (κ2) is 6.88. The summed E-state index contributed by atoms with van der Waals surface area (Å²) in [7, 11) is 0. The molecule has 0 bridgehead atoms. The van der Waals surface area contributed by atoms with Gasteiger partial charge in [0, 0.05) is 11.4 Å². The van der Waals surface area contributed by atoms with Gasteiger partial charge in [-0.2, -0.15) is 0 Å².